The fraction of sp³-hybridized carbons (Fsp3) is 0.400. The summed E-state index contributed by atoms with van der Waals surface area (Å²) in [6, 6.07) is 2.51. The minimum atomic E-state index is -0.486. The molecule has 2 aromatic rings. The number of amides is 1. The first-order valence-corrected chi connectivity index (χ1v) is 6.90. The molecule has 5 nitrogen and oxygen atoms in total. The standard InChI is InChI=1S/C15H19FN4O.2ClH/c1-9-10(2)20-14-12(7-11(16)8-13(14)19-9)15(21)18-6-4-5-17-3;;/h7-8,17H,4-6H2,1-3H3,(H,18,21);2*1H. The molecule has 0 fully saturated rings. The molecule has 1 amide bonds. The third-order valence-electron chi connectivity index (χ3n) is 3.28. The van der Waals surface area contributed by atoms with Crippen molar-refractivity contribution in [2.45, 2.75) is 20.3 Å². The average Bonchev–Trinajstić information content (AvgIpc) is 2.44. The van der Waals surface area contributed by atoms with E-state index in [2.05, 4.69) is 20.6 Å². The summed E-state index contributed by atoms with van der Waals surface area (Å²) in [5.74, 6) is -0.811. The molecule has 1 aromatic carbocycles. The third-order valence-corrected chi connectivity index (χ3v) is 3.28. The van der Waals surface area contributed by atoms with Crippen LogP contribution in [0.25, 0.3) is 11.0 Å². The van der Waals surface area contributed by atoms with Gasteiger partial charge < -0.3 is 10.6 Å². The maximum Gasteiger partial charge on any atom is 0.253 e. The molecular formula is C15H21Cl2FN4O. The second-order valence-electron chi connectivity index (χ2n) is 4.93. The van der Waals surface area contributed by atoms with Gasteiger partial charge in [-0.15, -0.1) is 24.8 Å². The van der Waals surface area contributed by atoms with Crippen LogP contribution in [0.5, 0.6) is 0 Å². The van der Waals surface area contributed by atoms with Crippen molar-refractivity contribution in [1.29, 1.82) is 0 Å². The number of halogens is 3. The molecule has 0 saturated heterocycles. The van der Waals surface area contributed by atoms with Crippen LogP contribution in [0.4, 0.5) is 4.39 Å². The summed E-state index contributed by atoms with van der Waals surface area (Å²) in [7, 11) is 1.85. The number of nitrogens with one attached hydrogen (secondary N) is 2. The lowest BCUT2D eigenvalue weighted by Gasteiger charge is -2.09. The van der Waals surface area contributed by atoms with Crippen LogP contribution in [-0.4, -0.2) is 36.0 Å². The first kappa shape index (κ1) is 21.5. The fourth-order valence-corrected chi connectivity index (χ4v) is 2.03. The van der Waals surface area contributed by atoms with Crippen molar-refractivity contribution in [2.75, 3.05) is 20.1 Å². The molecule has 8 heteroatoms. The lowest BCUT2D eigenvalue weighted by Crippen LogP contribution is -2.27. The summed E-state index contributed by atoms with van der Waals surface area (Å²) in [5.41, 5.74) is 2.53. The van der Waals surface area contributed by atoms with Gasteiger partial charge in [-0.05, 0) is 39.9 Å². The van der Waals surface area contributed by atoms with Crippen molar-refractivity contribution in [3.63, 3.8) is 0 Å². The molecule has 0 unspecified atom stereocenters. The van der Waals surface area contributed by atoms with Gasteiger partial charge in [0.25, 0.3) is 5.91 Å². The van der Waals surface area contributed by atoms with Crippen molar-refractivity contribution < 1.29 is 9.18 Å². The zero-order valence-corrected chi connectivity index (χ0v) is 14.9. The molecule has 128 valence electrons. The van der Waals surface area contributed by atoms with Crippen LogP contribution in [-0.2, 0) is 0 Å². The Hall–Kier alpha value is -1.50. The molecule has 2 N–H and O–H groups in total. The van der Waals surface area contributed by atoms with E-state index < -0.39 is 5.82 Å². The zero-order valence-electron chi connectivity index (χ0n) is 13.3. The SMILES string of the molecule is CNCCCNC(=O)c1cc(F)cc2nc(C)c(C)nc12.Cl.Cl. The monoisotopic (exact) mass is 362 g/mol. The van der Waals surface area contributed by atoms with Gasteiger partial charge in [-0.25, -0.2) is 14.4 Å². The van der Waals surface area contributed by atoms with Gasteiger partial charge >= 0.3 is 0 Å². The second-order valence-corrected chi connectivity index (χ2v) is 4.93. The first-order valence-electron chi connectivity index (χ1n) is 6.90. The van der Waals surface area contributed by atoms with E-state index in [-0.39, 0.29) is 36.3 Å². The Labute approximate surface area is 147 Å². The Bertz CT molecular complexity index is 682. The van der Waals surface area contributed by atoms with E-state index in [1.54, 1.807) is 0 Å². The van der Waals surface area contributed by atoms with Crippen molar-refractivity contribution in [1.82, 2.24) is 20.6 Å². The predicted octanol–water partition coefficient (Wildman–Crippen LogP) is 2.57. The van der Waals surface area contributed by atoms with Crippen LogP contribution in [0.1, 0.15) is 28.2 Å². The van der Waals surface area contributed by atoms with E-state index in [0.717, 1.165) is 24.4 Å². The van der Waals surface area contributed by atoms with Gasteiger partial charge in [0.2, 0.25) is 0 Å². The number of benzene rings is 1. The topological polar surface area (TPSA) is 66.9 Å². The Morgan fingerprint density at radius 3 is 2.43 bits per heavy atom. The third kappa shape index (κ3) is 5.27. The second kappa shape index (κ2) is 9.60. The predicted molar refractivity (Wildman–Crippen MR) is 94.3 cm³/mol. The number of rotatable bonds is 5. The van der Waals surface area contributed by atoms with Crippen LogP contribution >= 0.6 is 24.8 Å². The summed E-state index contributed by atoms with van der Waals surface area (Å²) in [6.45, 7) is 4.96. The molecule has 23 heavy (non-hydrogen) atoms. The Morgan fingerprint density at radius 1 is 1.13 bits per heavy atom. The van der Waals surface area contributed by atoms with E-state index in [4.69, 9.17) is 0 Å². The van der Waals surface area contributed by atoms with Crippen LogP contribution in [0.3, 0.4) is 0 Å². The van der Waals surface area contributed by atoms with E-state index >= 15 is 0 Å². The van der Waals surface area contributed by atoms with Gasteiger partial charge in [-0.1, -0.05) is 0 Å². The molecule has 0 spiro atoms. The molecule has 2 rings (SSSR count). The van der Waals surface area contributed by atoms with E-state index in [9.17, 15) is 9.18 Å². The van der Waals surface area contributed by atoms with Crippen LogP contribution in [0, 0.1) is 19.7 Å². The highest BCUT2D eigenvalue weighted by Crippen LogP contribution is 2.19. The van der Waals surface area contributed by atoms with Gasteiger partial charge in [-0.2, -0.15) is 0 Å². The largest absolute Gasteiger partial charge is 0.352 e. The first-order chi connectivity index (χ1) is 10.0. The molecule has 0 aliphatic rings. The van der Waals surface area contributed by atoms with Crippen LogP contribution < -0.4 is 10.6 Å². The maximum atomic E-state index is 13.7. The average molecular weight is 363 g/mol. The van der Waals surface area contributed by atoms with Crippen molar-refractivity contribution in [3.05, 3.63) is 34.9 Å². The minimum absolute atomic E-state index is 0. The molecule has 0 bridgehead atoms. The number of aromatic nitrogens is 2. The number of hydrogen-bond acceptors (Lipinski definition) is 4. The van der Waals surface area contributed by atoms with E-state index in [1.165, 1.54) is 12.1 Å². The Morgan fingerprint density at radius 2 is 1.78 bits per heavy atom. The highest BCUT2D eigenvalue weighted by atomic mass is 35.5. The molecule has 0 radical (unpaired) electrons. The number of carbonyl (C=O) groups is 1. The Kier molecular flexibility index (Phi) is 8.97. The molecule has 0 aliphatic heterocycles. The number of aryl methyl sites for hydroxylation is 2. The van der Waals surface area contributed by atoms with Gasteiger partial charge in [0.15, 0.2) is 0 Å². The lowest BCUT2D eigenvalue weighted by molar-refractivity contribution is 0.0954. The quantitative estimate of drug-likeness (QED) is 0.802. The Balaban J connectivity index is 0.00000242. The molecule has 1 aromatic heterocycles. The number of fused-ring (bicyclic) bond motifs is 1. The number of nitrogens with zero attached hydrogens (tertiary/aromatic N) is 2. The lowest BCUT2D eigenvalue weighted by atomic mass is 10.1. The highest BCUT2D eigenvalue weighted by Gasteiger charge is 2.15. The molecule has 0 aliphatic carbocycles. The minimum Gasteiger partial charge on any atom is -0.352 e. The van der Waals surface area contributed by atoms with Gasteiger partial charge in [0.1, 0.15) is 11.3 Å². The normalized spacial score (nSPS) is 9.91. The summed E-state index contributed by atoms with van der Waals surface area (Å²) in [6.07, 6.45) is 0.805. The molecule has 0 atom stereocenters. The van der Waals surface area contributed by atoms with Crippen molar-refractivity contribution in [2.24, 2.45) is 0 Å². The smallest absolute Gasteiger partial charge is 0.253 e. The summed E-state index contributed by atoms with van der Waals surface area (Å²) in [4.78, 5) is 20.9. The summed E-state index contributed by atoms with van der Waals surface area (Å²) >= 11 is 0. The maximum absolute atomic E-state index is 13.7. The van der Waals surface area contributed by atoms with Crippen molar-refractivity contribution in [3.8, 4) is 0 Å². The van der Waals surface area contributed by atoms with Gasteiger partial charge in [0, 0.05) is 12.6 Å². The van der Waals surface area contributed by atoms with Gasteiger partial charge in [-0.3, -0.25) is 4.79 Å². The number of hydrogen-bond donors (Lipinski definition) is 2. The van der Waals surface area contributed by atoms with Gasteiger partial charge in [0.05, 0.1) is 22.5 Å². The highest BCUT2D eigenvalue weighted by molar-refractivity contribution is 6.04. The molecule has 1 heterocycles. The number of carbonyl (C=O) groups excluding carboxylic acids is 1. The molecule has 0 saturated carbocycles. The molecular weight excluding hydrogens is 342 g/mol. The van der Waals surface area contributed by atoms with Crippen molar-refractivity contribution >= 4 is 41.8 Å². The fourth-order valence-electron chi connectivity index (χ4n) is 2.03. The summed E-state index contributed by atoms with van der Waals surface area (Å²) < 4.78 is 13.7. The van der Waals surface area contributed by atoms with Crippen LogP contribution in [0.15, 0.2) is 12.1 Å². The zero-order chi connectivity index (χ0) is 15.4. The summed E-state index contributed by atoms with van der Waals surface area (Å²) in [5, 5.41) is 5.77. The van der Waals surface area contributed by atoms with Crippen LogP contribution in [0.2, 0.25) is 0 Å². The van der Waals surface area contributed by atoms with E-state index in [1.807, 2.05) is 20.9 Å². The van der Waals surface area contributed by atoms with E-state index in [0.29, 0.717) is 17.6 Å².